The van der Waals surface area contributed by atoms with Gasteiger partial charge >= 0.3 is 0 Å². The van der Waals surface area contributed by atoms with Crippen molar-refractivity contribution < 1.29 is 18.9 Å². The van der Waals surface area contributed by atoms with Gasteiger partial charge in [-0.15, -0.1) is 6.58 Å². The highest BCUT2D eigenvalue weighted by molar-refractivity contribution is 4.89. The van der Waals surface area contributed by atoms with Crippen LogP contribution in [0.5, 0.6) is 0 Å². The van der Waals surface area contributed by atoms with Crippen LogP contribution in [0.1, 0.15) is 0 Å². The van der Waals surface area contributed by atoms with Crippen molar-refractivity contribution in [3.63, 3.8) is 0 Å². The molecule has 1 unspecified atom stereocenters. The summed E-state index contributed by atoms with van der Waals surface area (Å²) < 4.78 is 22.3. The van der Waals surface area contributed by atoms with Crippen molar-refractivity contribution in [2.24, 2.45) is 5.41 Å². The summed E-state index contributed by atoms with van der Waals surface area (Å²) in [5.41, 5.74) is -0.183. The fourth-order valence-electron chi connectivity index (χ4n) is 1.81. The van der Waals surface area contributed by atoms with Gasteiger partial charge in [0.1, 0.15) is 0 Å². The highest BCUT2D eigenvalue weighted by atomic mass is 16.7. The lowest BCUT2D eigenvalue weighted by Gasteiger charge is -2.37. The summed E-state index contributed by atoms with van der Waals surface area (Å²) in [7, 11) is 0. The lowest BCUT2D eigenvalue weighted by Crippen LogP contribution is -2.46. The molecule has 2 saturated heterocycles. The van der Waals surface area contributed by atoms with Crippen LogP contribution in [-0.2, 0) is 18.9 Å². The van der Waals surface area contributed by atoms with E-state index in [0.717, 1.165) is 0 Å². The van der Waals surface area contributed by atoms with Crippen LogP contribution in [0, 0.1) is 5.41 Å². The minimum Gasteiger partial charge on any atom is -0.378 e. The first-order valence-electron chi connectivity index (χ1n) is 5.46. The molecule has 2 fully saturated rings. The van der Waals surface area contributed by atoms with E-state index in [1.807, 2.05) is 0 Å². The molecule has 4 heteroatoms. The zero-order valence-corrected chi connectivity index (χ0v) is 9.39. The van der Waals surface area contributed by atoms with E-state index in [1.54, 1.807) is 12.2 Å². The lowest BCUT2D eigenvalue weighted by atomic mass is 9.91. The fourth-order valence-corrected chi connectivity index (χ4v) is 1.81. The summed E-state index contributed by atoms with van der Waals surface area (Å²) in [6.07, 6.45) is 3.08. The predicted octanol–water partition coefficient (Wildman–Crippen LogP) is 1.13. The van der Waals surface area contributed by atoms with Gasteiger partial charge in [0.05, 0.1) is 44.6 Å². The quantitative estimate of drug-likeness (QED) is 0.661. The molecule has 90 valence electrons. The summed E-state index contributed by atoms with van der Waals surface area (Å²) in [4.78, 5) is 0. The Bertz CT molecular complexity index is 256. The smallest absolute Gasteiger partial charge is 0.176 e. The van der Waals surface area contributed by atoms with Crippen LogP contribution in [-0.4, -0.2) is 45.4 Å². The van der Waals surface area contributed by atoms with Crippen LogP contribution in [0.15, 0.2) is 25.3 Å². The Morgan fingerprint density at radius 1 is 0.938 bits per heavy atom. The molecule has 16 heavy (non-hydrogen) atoms. The second-order valence-corrected chi connectivity index (χ2v) is 4.33. The van der Waals surface area contributed by atoms with Crippen LogP contribution < -0.4 is 0 Å². The van der Waals surface area contributed by atoms with E-state index >= 15 is 0 Å². The largest absolute Gasteiger partial charge is 0.378 e. The Balaban J connectivity index is 1.93. The number of rotatable bonds is 2. The predicted molar refractivity (Wildman–Crippen MR) is 59.1 cm³/mol. The van der Waals surface area contributed by atoms with Crippen molar-refractivity contribution >= 4 is 0 Å². The van der Waals surface area contributed by atoms with E-state index < -0.39 is 0 Å². The van der Waals surface area contributed by atoms with Gasteiger partial charge in [0.15, 0.2) is 6.29 Å². The van der Waals surface area contributed by atoms with Crippen LogP contribution in [0.2, 0.25) is 0 Å². The van der Waals surface area contributed by atoms with Crippen LogP contribution in [0.4, 0.5) is 0 Å². The standard InChI is InChI=1S/C12H18O4/c1-3-10-5-13-6-12(7-14-10)8-15-11(4-2)16-9-12/h3-4,10-11H,1-2,5-9H2. The minimum atomic E-state index is -0.302. The third kappa shape index (κ3) is 2.52. The first-order valence-corrected chi connectivity index (χ1v) is 5.46. The van der Waals surface area contributed by atoms with Crippen LogP contribution in [0.3, 0.4) is 0 Å². The van der Waals surface area contributed by atoms with Crippen molar-refractivity contribution in [2.75, 3.05) is 33.0 Å². The normalized spacial score (nSPS) is 40.2. The molecule has 0 radical (unpaired) electrons. The summed E-state index contributed by atoms with van der Waals surface area (Å²) in [5.74, 6) is 0. The monoisotopic (exact) mass is 226 g/mol. The molecule has 1 spiro atoms. The first kappa shape index (κ1) is 11.8. The van der Waals surface area contributed by atoms with Gasteiger partial charge in [-0.1, -0.05) is 12.7 Å². The molecule has 0 N–H and O–H groups in total. The average molecular weight is 226 g/mol. The zero-order valence-electron chi connectivity index (χ0n) is 9.39. The third-order valence-electron chi connectivity index (χ3n) is 2.86. The molecular formula is C12H18O4. The molecule has 2 aliphatic heterocycles. The van der Waals surface area contributed by atoms with E-state index in [1.165, 1.54) is 0 Å². The SMILES string of the molecule is C=CC1COCC2(CO1)COC(C=C)OC2. The maximum absolute atomic E-state index is 5.69. The van der Waals surface area contributed by atoms with E-state index in [0.29, 0.717) is 33.0 Å². The molecule has 4 nitrogen and oxygen atoms in total. The highest BCUT2D eigenvalue weighted by Crippen LogP contribution is 2.28. The molecule has 0 bridgehead atoms. The Morgan fingerprint density at radius 3 is 2.25 bits per heavy atom. The number of ether oxygens (including phenoxy) is 4. The van der Waals surface area contributed by atoms with Gasteiger partial charge in [-0.25, -0.2) is 0 Å². The second kappa shape index (κ2) is 5.10. The van der Waals surface area contributed by atoms with Gasteiger partial charge in [0.25, 0.3) is 0 Å². The fraction of sp³-hybridized carbons (Fsp3) is 0.667. The van der Waals surface area contributed by atoms with E-state index in [2.05, 4.69) is 13.2 Å². The molecule has 0 aromatic heterocycles. The highest BCUT2D eigenvalue weighted by Gasteiger charge is 2.39. The van der Waals surface area contributed by atoms with Gasteiger partial charge < -0.3 is 18.9 Å². The lowest BCUT2D eigenvalue weighted by molar-refractivity contribution is -0.223. The van der Waals surface area contributed by atoms with Gasteiger partial charge in [0, 0.05) is 0 Å². The number of hydrogen-bond acceptors (Lipinski definition) is 4. The van der Waals surface area contributed by atoms with Crippen molar-refractivity contribution in [1.29, 1.82) is 0 Å². The van der Waals surface area contributed by atoms with Crippen LogP contribution in [0.25, 0.3) is 0 Å². The van der Waals surface area contributed by atoms with Crippen LogP contribution >= 0.6 is 0 Å². The third-order valence-corrected chi connectivity index (χ3v) is 2.86. The van der Waals surface area contributed by atoms with E-state index in [-0.39, 0.29) is 17.8 Å². The minimum absolute atomic E-state index is 0.0310. The molecule has 1 atom stereocenters. The molecule has 2 rings (SSSR count). The van der Waals surface area contributed by atoms with E-state index in [9.17, 15) is 0 Å². The van der Waals surface area contributed by atoms with Crippen molar-refractivity contribution in [1.82, 2.24) is 0 Å². The second-order valence-electron chi connectivity index (χ2n) is 4.33. The van der Waals surface area contributed by atoms with Gasteiger partial charge in [-0.05, 0) is 6.08 Å². The molecule has 2 heterocycles. The average Bonchev–Trinajstić information content (AvgIpc) is 2.53. The molecule has 2 aliphatic rings. The Hall–Kier alpha value is -0.680. The summed E-state index contributed by atoms with van der Waals surface area (Å²) in [5, 5.41) is 0. The summed E-state index contributed by atoms with van der Waals surface area (Å²) in [6, 6.07) is 0. The number of hydrogen-bond donors (Lipinski definition) is 0. The summed E-state index contributed by atoms with van der Waals surface area (Å²) in [6.45, 7) is 10.2. The Kier molecular flexibility index (Phi) is 3.76. The molecule has 0 saturated carbocycles. The maximum atomic E-state index is 5.69. The zero-order chi connectivity index (χ0) is 11.4. The Labute approximate surface area is 95.8 Å². The van der Waals surface area contributed by atoms with Gasteiger partial charge in [0.2, 0.25) is 0 Å². The van der Waals surface area contributed by atoms with Crippen molar-refractivity contribution in [3.05, 3.63) is 25.3 Å². The van der Waals surface area contributed by atoms with Crippen molar-refractivity contribution in [3.8, 4) is 0 Å². The summed E-state index contributed by atoms with van der Waals surface area (Å²) >= 11 is 0. The molecular weight excluding hydrogens is 208 g/mol. The molecule has 0 aliphatic carbocycles. The van der Waals surface area contributed by atoms with E-state index in [4.69, 9.17) is 18.9 Å². The molecule has 0 aromatic carbocycles. The topological polar surface area (TPSA) is 36.9 Å². The van der Waals surface area contributed by atoms with Gasteiger partial charge in [-0.3, -0.25) is 0 Å². The first-order chi connectivity index (χ1) is 7.78. The van der Waals surface area contributed by atoms with Gasteiger partial charge in [-0.2, -0.15) is 0 Å². The molecule has 0 amide bonds. The van der Waals surface area contributed by atoms with Crippen molar-refractivity contribution in [2.45, 2.75) is 12.4 Å². The maximum Gasteiger partial charge on any atom is 0.176 e. The molecule has 0 aromatic rings. The Morgan fingerprint density at radius 2 is 1.62 bits per heavy atom.